The number of ether oxygens (including phenoxy) is 2. The molecule has 3 aromatic rings. The van der Waals surface area contributed by atoms with Gasteiger partial charge in [0.25, 0.3) is 5.91 Å². The Morgan fingerprint density at radius 1 is 1.23 bits per heavy atom. The molecule has 160 valence electrons. The zero-order valence-electron chi connectivity index (χ0n) is 17.0. The highest BCUT2D eigenvalue weighted by atomic mass is 79.9. The van der Waals surface area contributed by atoms with Crippen molar-refractivity contribution in [2.45, 2.75) is 13.0 Å². The summed E-state index contributed by atoms with van der Waals surface area (Å²) in [4.78, 5) is 17.7. The molecular formula is C21H20BrN5O4. The Bertz CT molecular complexity index is 1190. The number of methoxy groups -OCH3 is 2. The van der Waals surface area contributed by atoms with Gasteiger partial charge in [-0.15, -0.1) is 0 Å². The van der Waals surface area contributed by atoms with Crippen LogP contribution >= 0.6 is 15.9 Å². The topological polar surface area (TPSA) is 111 Å². The van der Waals surface area contributed by atoms with E-state index in [0.29, 0.717) is 38.7 Å². The second-order valence-corrected chi connectivity index (χ2v) is 7.66. The Balaban J connectivity index is 1.82. The van der Waals surface area contributed by atoms with E-state index in [1.54, 1.807) is 43.0 Å². The maximum Gasteiger partial charge on any atom is 0.255 e. The quantitative estimate of drug-likeness (QED) is 0.505. The number of aromatic nitrogens is 3. The highest BCUT2D eigenvalue weighted by Crippen LogP contribution is 2.42. The summed E-state index contributed by atoms with van der Waals surface area (Å²) >= 11 is 3.36. The molecule has 9 nitrogen and oxygen atoms in total. The Morgan fingerprint density at radius 2 is 1.97 bits per heavy atom. The number of halogens is 1. The van der Waals surface area contributed by atoms with Crippen LogP contribution in [0.4, 0.5) is 11.6 Å². The molecule has 1 unspecified atom stereocenters. The Kier molecular flexibility index (Phi) is 5.55. The monoisotopic (exact) mass is 485 g/mol. The van der Waals surface area contributed by atoms with Gasteiger partial charge in [0.1, 0.15) is 18.1 Å². The lowest BCUT2D eigenvalue weighted by Gasteiger charge is -2.29. The molecule has 0 saturated carbocycles. The SMILES string of the molecule is COc1ccccc1NC(=O)C1=C(C)Nc2ncnn2C1c1cc(Br)c(O)c(OC)c1. The number of para-hydroxylation sites is 2. The summed E-state index contributed by atoms with van der Waals surface area (Å²) in [5.41, 5.74) is 2.28. The van der Waals surface area contributed by atoms with Crippen molar-refractivity contribution in [3.05, 3.63) is 64.0 Å². The molecule has 1 amide bonds. The molecule has 4 rings (SSSR count). The van der Waals surface area contributed by atoms with Crippen molar-refractivity contribution >= 4 is 33.5 Å². The smallest absolute Gasteiger partial charge is 0.255 e. The zero-order chi connectivity index (χ0) is 22.1. The van der Waals surface area contributed by atoms with E-state index >= 15 is 0 Å². The first-order valence-electron chi connectivity index (χ1n) is 9.32. The van der Waals surface area contributed by atoms with Gasteiger partial charge >= 0.3 is 0 Å². The van der Waals surface area contributed by atoms with E-state index in [9.17, 15) is 9.90 Å². The number of hydrogen-bond donors (Lipinski definition) is 3. The second-order valence-electron chi connectivity index (χ2n) is 6.80. The number of amides is 1. The average molecular weight is 486 g/mol. The summed E-state index contributed by atoms with van der Waals surface area (Å²) in [6.07, 6.45) is 1.41. The lowest BCUT2D eigenvalue weighted by atomic mass is 9.94. The normalized spacial score (nSPS) is 15.2. The first kappa shape index (κ1) is 20.7. The number of carbonyl (C=O) groups excluding carboxylic acids is 1. The van der Waals surface area contributed by atoms with Crippen LogP contribution in [0.2, 0.25) is 0 Å². The highest BCUT2D eigenvalue weighted by Gasteiger charge is 2.34. The van der Waals surface area contributed by atoms with Crippen LogP contribution in [-0.4, -0.2) is 40.0 Å². The van der Waals surface area contributed by atoms with Crippen molar-refractivity contribution in [2.75, 3.05) is 24.9 Å². The lowest BCUT2D eigenvalue weighted by molar-refractivity contribution is -0.113. The number of aromatic hydroxyl groups is 1. The van der Waals surface area contributed by atoms with Crippen molar-refractivity contribution in [1.82, 2.24) is 14.8 Å². The molecule has 0 bridgehead atoms. The predicted molar refractivity (Wildman–Crippen MR) is 118 cm³/mol. The molecule has 31 heavy (non-hydrogen) atoms. The van der Waals surface area contributed by atoms with Gasteiger partial charge in [0.15, 0.2) is 11.5 Å². The number of nitrogens with zero attached hydrogens (tertiary/aromatic N) is 3. The Labute approximate surface area is 186 Å². The van der Waals surface area contributed by atoms with Gasteiger partial charge in [-0.2, -0.15) is 10.1 Å². The molecule has 0 radical (unpaired) electrons. The molecule has 0 saturated heterocycles. The maximum absolute atomic E-state index is 13.4. The number of nitrogens with one attached hydrogen (secondary N) is 2. The van der Waals surface area contributed by atoms with E-state index in [-0.39, 0.29) is 17.4 Å². The molecule has 0 aliphatic carbocycles. The number of allylic oxidation sites excluding steroid dienone is 1. The van der Waals surface area contributed by atoms with Crippen molar-refractivity contribution < 1.29 is 19.4 Å². The predicted octanol–water partition coefficient (Wildman–Crippen LogP) is 3.69. The molecule has 0 fully saturated rings. The number of fused-ring (bicyclic) bond motifs is 1. The van der Waals surface area contributed by atoms with Gasteiger partial charge in [-0.1, -0.05) is 12.1 Å². The maximum atomic E-state index is 13.4. The van der Waals surface area contributed by atoms with Crippen molar-refractivity contribution in [3.8, 4) is 17.2 Å². The summed E-state index contributed by atoms with van der Waals surface area (Å²) < 4.78 is 12.7. The molecule has 1 atom stereocenters. The number of rotatable bonds is 5. The van der Waals surface area contributed by atoms with E-state index < -0.39 is 6.04 Å². The fourth-order valence-electron chi connectivity index (χ4n) is 3.54. The number of hydrogen-bond acceptors (Lipinski definition) is 7. The van der Waals surface area contributed by atoms with E-state index in [4.69, 9.17) is 9.47 Å². The van der Waals surface area contributed by atoms with Crippen LogP contribution in [0.25, 0.3) is 0 Å². The lowest BCUT2D eigenvalue weighted by Crippen LogP contribution is -2.31. The highest BCUT2D eigenvalue weighted by molar-refractivity contribution is 9.10. The summed E-state index contributed by atoms with van der Waals surface area (Å²) in [5.74, 6) is 0.958. The van der Waals surface area contributed by atoms with E-state index in [1.807, 2.05) is 12.1 Å². The van der Waals surface area contributed by atoms with E-state index in [1.165, 1.54) is 13.4 Å². The third kappa shape index (κ3) is 3.70. The molecule has 10 heteroatoms. The van der Waals surface area contributed by atoms with Crippen LogP contribution in [0, 0.1) is 0 Å². The molecular weight excluding hydrogens is 466 g/mol. The van der Waals surface area contributed by atoms with Gasteiger partial charge in [0.2, 0.25) is 5.95 Å². The zero-order valence-corrected chi connectivity index (χ0v) is 18.6. The molecule has 3 N–H and O–H groups in total. The standard InChI is InChI=1S/C21H20BrN5O4/c1-11-17(20(29)26-14-6-4-5-7-15(14)30-2)18(27-21(25-11)23-10-24-27)12-8-13(22)19(28)16(9-12)31-3/h4-10,18,28H,1-3H3,(H,26,29)(H,23,24,25). The number of phenolic OH excluding ortho intramolecular Hbond substituents is 1. The van der Waals surface area contributed by atoms with Crippen LogP contribution in [0.1, 0.15) is 18.5 Å². The average Bonchev–Trinajstić information content (AvgIpc) is 3.22. The number of phenols is 1. The Hall–Kier alpha value is -3.53. The molecule has 2 heterocycles. The van der Waals surface area contributed by atoms with Gasteiger partial charge in [0.05, 0.1) is 30.0 Å². The molecule has 1 aliphatic rings. The van der Waals surface area contributed by atoms with E-state index in [2.05, 4.69) is 36.6 Å². The van der Waals surface area contributed by atoms with Crippen LogP contribution in [0.3, 0.4) is 0 Å². The first-order chi connectivity index (χ1) is 14.9. The minimum absolute atomic E-state index is 0.0280. The third-order valence-electron chi connectivity index (χ3n) is 4.98. The van der Waals surface area contributed by atoms with Crippen LogP contribution in [0.15, 0.2) is 58.5 Å². The summed E-state index contributed by atoms with van der Waals surface area (Å²) in [5, 5.41) is 20.6. The fraction of sp³-hybridized carbons (Fsp3) is 0.190. The van der Waals surface area contributed by atoms with Crippen LogP contribution < -0.4 is 20.1 Å². The van der Waals surface area contributed by atoms with Crippen LogP contribution in [0.5, 0.6) is 17.2 Å². The molecule has 1 aliphatic heterocycles. The van der Waals surface area contributed by atoms with E-state index in [0.717, 1.165) is 0 Å². The Morgan fingerprint density at radius 3 is 2.71 bits per heavy atom. The van der Waals surface area contributed by atoms with Gasteiger partial charge in [0, 0.05) is 5.70 Å². The van der Waals surface area contributed by atoms with Gasteiger partial charge in [-0.3, -0.25) is 4.79 Å². The van der Waals surface area contributed by atoms with Gasteiger partial charge in [-0.25, -0.2) is 4.68 Å². The summed E-state index contributed by atoms with van der Waals surface area (Å²) in [6.45, 7) is 1.80. The van der Waals surface area contributed by atoms with Gasteiger partial charge in [-0.05, 0) is 52.7 Å². The molecule has 2 aromatic carbocycles. The number of anilines is 2. The van der Waals surface area contributed by atoms with Gasteiger partial charge < -0.3 is 25.2 Å². The molecule has 1 aromatic heterocycles. The fourth-order valence-corrected chi connectivity index (χ4v) is 4.00. The minimum atomic E-state index is -0.612. The largest absolute Gasteiger partial charge is 0.503 e. The first-order valence-corrected chi connectivity index (χ1v) is 10.1. The summed E-state index contributed by atoms with van der Waals surface area (Å²) in [7, 11) is 3.01. The van der Waals surface area contributed by atoms with Crippen LogP contribution in [-0.2, 0) is 4.79 Å². The third-order valence-corrected chi connectivity index (χ3v) is 5.59. The molecule has 0 spiro atoms. The minimum Gasteiger partial charge on any atom is -0.503 e. The summed E-state index contributed by atoms with van der Waals surface area (Å²) in [6, 6.07) is 9.96. The van der Waals surface area contributed by atoms with Crippen molar-refractivity contribution in [1.29, 1.82) is 0 Å². The second kappa shape index (κ2) is 8.31. The van der Waals surface area contributed by atoms with Crippen molar-refractivity contribution in [2.24, 2.45) is 0 Å². The number of carbonyl (C=O) groups is 1. The van der Waals surface area contributed by atoms with Crippen molar-refractivity contribution in [3.63, 3.8) is 0 Å². The number of benzene rings is 2.